The highest BCUT2D eigenvalue weighted by molar-refractivity contribution is 6.30. The molecule has 0 saturated heterocycles. The second kappa shape index (κ2) is 6.62. The number of hydrogen-bond donors (Lipinski definition) is 1. The molecule has 2 N–H and O–H groups in total. The van der Waals surface area contributed by atoms with Crippen LogP contribution in [0.3, 0.4) is 0 Å². The molecule has 5 nitrogen and oxygen atoms in total. The molecule has 1 heterocycles. The van der Waals surface area contributed by atoms with E-state index >= 15 is 0 Å². The van der Waals surface area contributed by atoms with Gasteiger partial charge in [-0.15, -0.1) is 0 Å². The standard InChI is InChI=1S/C15H14ClFN2O3/c1-2-22-15(21)11-8-19(7-9(11)5-14(18)20)10-3-4-12(16)13(17)6-10/h3-4,6-8H,2,5H2,1H3,(H2,18,20). The number of carbonyl (C=O) groups is 2. The molecule has 0 bridgehead atoms. The Balaban J connectivity index is 2.46. The van der Waals surface area contributed by atoms with Gasteiger partial charge < -0.3 is 15.0 Å². The predicted octanol–water partition coefficient (Wildman–Crippen LogP) is 2.47. The van der Waals surface area contributed by atoms with Gasteiger partial charge in [0.25, 0.3) is 0 Å². The average Bonchev–Trinajstić information content (AvgIpc) is 2.85. The van der Waals surface area contributed by atoms with Gasteiger partial charge in [-0.1, -0.05) is 11.6 Å². The maximum absolute atomic E-state index is 13.6. The van der Waals surface area contributed by atoms with E-state index in [0.717, 1.165) is 0 Å². The van der Waals surface area contributed by atoms with E-state index in [9.17, 15) is 14.0 Å². The van der Waals surface area contributed by atoms with Crippen LogP contribution in [0.5, 0.6) is 0 Å². The Hall–Kier alpha value is -2.34. The lowest BCUT2D eigenvalue weighted by Gasteiger charge is -2.03. The van der Waals surface area contributed by atoms with Crippen LogP contribution in [0.1, 0.15) is 22.8 Å². The molecular weight excluding hydrogens is 311 g/mol. The summed E-state index contributed by atoms with van der Waals surface area (Å²) in [7, 11) is 0. The monoisotopic (exact) mass is 324 g/mol. The van der Waals surface area contributed by atoms with Crippen molar-refractivity contribution >= 4 is 23.5 Å². The van der Waals surface area contributed by atoms with Crippen LogP contribution in [0.4, 0.5) is 4.39 Å². The molecule has 0 aliphatic heterocycles. The summed E-state index contributed by atoms with van der Waals surface area (Å²) in [6, 6.07) is 4.23. The smallest absolute Gasteiger partial charge is 0.339 e. The summed E-state index contributed by atoms with van der Waals surface area (Å²) in [4.78, 5) is 23.1. The molecule has 1 amide bonds. The summed E-state index contributed by atoms with van der Waals surface area (Å²) in [5.41, 5.74) is 6.28. The topological polar surface area (TPSA) is 74.3 Å². The highest BCUT2D eigenvalue weighted by Gasteiger charge is 2.18. The highest BCUT2D eigenvalue weighted by Crippen LogP contribution is 2.21. The van der Waals surface area contributed by atoms with Gasteiger partial charge in [0.1, 0.15) is 5.82 Å². The van der Waals surface area contributed by atoms with Gasteiger partial charge >= 0.3 is 5.97 Å². The van der Waals surface area contributed by atoms with Gasteiger partial charge in [-0.25, -0.2) is 9.18 Å². The molecule has 0 aliphatic rings. The molecule has 2 rings (SSSR count). The van der Waals surface area contributed by atoms with Crippen molar-refractivity contribution < 1.29 is 18.7 Å². The van der Waals surface area contributed by atoms with Crippen molar-refractivity contribution in [1.29, 1.82) is 0 Å². The fourth-order valence-corrected chi connectivity index (χ4v) is 2.13. The molecule has 0 radical (unpaired) electrons. The number of halogens is 2. The molecule has 0 atom stereocenters. The normalized spacial score (nSPS) is 10.5. The number of ether oxygens (including phenoxy) is 1. The van der Waals surface area contributed by atoms with Gasteiger partial charge in [-0.3, -0.25) is 4.79 Å². The minimum Gasteiger partial charge on any atom is -0.462 e. The Labute approximate surface area is 131 Å². The van der Waals surface area contributed by atoms with Gasteiger partial charge in [0.05, 0.1) is 23.6 Å². The number of nitrogens with two attached hydrogens (primary N) is 1. The molecule has 2 aromatic rings. The predicted molar refractivity (Wildman–Crippen MR) is 79.6 cm³/mol. The summed E-state index contributed by atoms with van der Waals surface area (Å²) >= 11 is 5.65. The van der Waals surface area contributed by atoms with E-state index in [1.165, 1.54) is 22.9 Å². The molecule has 1 aromatic heterocycles. The van der Waals surface area contributed by atoms with E-state index in [4.69, 9.17) is 22.1 Å². The molecule has 1 aromatic carbocycles. The molecule has 7 heteroatoms. The summed E-state index contributed by atoms with van der Waals surface area (Å²) in [5.74, 6) is -1.72. The fraction of sp³-hybridized carbons (Fsp3) is 0.200. The van der Waals surface area contributed by atoms with E-state index in [1.807, 2.05) is 0 Å². The molecule has 0 saturated carbocycles. The van der Waals surface area contributed by atoms with Crippen LogP contribution in [0, 0.1) is 5.82 Å². The number of carbonyl (C=O) groups excluding carboxylic acids is 2. The Bertz CT molecular complexity index is 728. The number of primary amides is 1. The molecule has 22 heavy (non-hydrogen) atoms. The summed E-state index contributed by atoms with van der Waals surface area (Å²) in [5, 5.41) is -0.00104. The second-order valence-corrected chi connectivity index (χ2v) is 4.97. The summed E-state index contributed by atoms with van der Waals surface area (Å²) in [6.07, 6.45) is 2.90. The van der Waals surface area contributed by atoms with Crippen molar-refractivity contribution in [2.24, 2.45) is 5.73 Å². The van der Waals surface area contributed by atoms with E-state index in [0.29, 0.717) is 11.3 Å². The van der Waals surface area contributed by atoms with E-state index in [2.05, 4.69) is 0 Å². The Kier molecular flexibility index (Phi) is 4.82. The van der Waals surface area contributed by atoms with Crippen LogP contribution in [0.15, 0.2) is 30.6 Å². The first-order chi connectivity index (χ1) is 10.4. The number of nitrogens with zero attached hydrogens (tertiary/aromatic N) is 1. The van der Waals surface area contributed by atoms with Gasteiger partial charge in [0, 0.05) is 18.1 Å². The number of hydrogen-bond acceptors (Lipinski definition) is 3. The number of esters is 1. The van der Waals surface area contributed by atoms with Crippen molar-refractivity contribution in [3.63, 3.8) is 0 Å². The third-order valence-corrected chi connectivity index (χ3v) is 3.28. The average molecular weight is 325 g/mol. The van der Waals surface area contributed by atoms with Crippen molar-refractivity contribution in [3.05, 3.63) is 52.6 Å². The Morgan fingerprint density at radius 2 is 2.09 bits per heavy atom. The zero-order chi connectivity index (χ0) is 16.3. The van der Waals surface area contributed by atoms with E-state index < -0.39 is 17.7 Å². The lowest BCUT2D eigenvalue weighted by Crippen LogP contribution is -2.15. The van der Waals surface area contributed by atoms with Crippen molar-refractivity contribution in [3.8, 4) is 5.69 Å². The minimum atomic E-state index is -0.581. The van der Waals surface area contributed by atoms with Gasteiger partial charge in [-0.05, 0) is 30.7 Å². The van der Waals surface area contributed by atoms with Crippen LogP contribution in [-0.4, -0.2) is 23.1 Å². The molecule has 0 fully saturated rings. The van der Waals surface area contributed by atoms with Crippen LogP contribution in [0.25, 0.3) is 5.69 Å². The van der Waals surface area contributed by atoms with Crippen molar-refractivity contribution in [2.45, 2.75) is 13.3 Å². The molecule has 0 spiro atoms. The van der Waals surface area contributed by atoms with Gasteiger partial charge in [-0.2, -0.15) is 0 Å². The Morgan fingerprint density at radius 1 is 1.36 bits per heavy atom. The molecule has 116 valence electrons. The molecule has 0 unspecified atom stereocenters. The first-order valence-electron chi connectivity index (χ1n) is 6.54. The van der Waals surface area contributed by atoms with Crippen molar-refractivity contribution in [1.82, 2.24) is 4.57 Å². The SMILES string of the molecule is CCOC(=O)c1cn(-c2ccc(Cl)c(F)c2)cc1CC(N)=O. The molecular formula is C15H14ClFN2O3. The summed E-state index contributed by atoms with van der Waals surface area (Å²) in [6.45, 7) is 1.88. The van der Waals surface area contributed by atoms with E-state index in [1.54, 1.807) is 19.2 Å². The number of amides is 1. The van der Waals surface area contributed by atoms with Gasteiger partial charge in [0.15, 0.2) is 0 Å². The maximum atomic E-state index is 13.6. The maximum Gasteiger partial charge on any atom is 0.339 e. The highest BCUT2D eigenvalue weighted by atomic mass is 35.5. The number of benzene rings is 1. The summed E-state index contributed by atoms with van der Waals surface area (Å²) < 4.78 is 20.0. The lowest BCUT2D eigenvalue weighted by atomic mass is 10.1. The zero-order valence-corrected chi connectivity index (χ0v) is 12.6. The number of aromatic nitrogens is 1. The fourth-order valence-electron chi connectivity index (χ4n) is 2.01. The first-order valence-corrected chi connectivity index (χ1v) is 6.92. The first kappa shape index (κ1) is 16.0. The number of rotatable bonds is 5. The largest absolute Gasteiger partial charge is 0.462 e. The third kappa shape index (κ3) is 3.46. The van der Waals surface area contributed by atoms with Gasteiger partial charge in [0.2, 0.25) is 5.91 Å². The van der Waals surface area contributed by atoms with E-state index in [-0.39, 0.29) is 23.6 Å². The Morgan fingerprint density at radius 3 is 2.68 bits per heavy atom. The van der Waals surface area contributed by atoms with Crippen LogP contribution >= 0.6 is 11.6 Å². The molecule has 0 aliphatic carbocycles. The lowest BCUT2D eigenvalue weighted by molar-refractivity contribution is -0.117. The quantitative estimate of drug-likeness (QED) is 0.859. The third-order valence-electron chi connectivity index (χ3n) is 2.97. The van der Waals surface area contributed by atoms with Crippen LogP contribution in [0.2, 0.25) is 5.02 Å². The van der Waals surface area contributed by atoms with Crippen LogP contribution < -0.4 is 5.73 Å². The second-order valence-electron chi connectivity index (χ2n) is 4.57. The van der Waals surface area contributed by atoms with Crippen molar-refractivity contribution in [2.75, 3.05) is 6.61 Å². The zero-order valence-electron chi connectivity index (χ0n) is 11.8. The minimum absolute atomic E-state index is 0.00104. The van der Waals surface area contributed by atoms with Crippen LogP contribution in [-0.2, 0) is 16.0 Å².